The van der Waals surface area contributed by atoms with E-state index >= 15 is 0 Å². The Kier molecular flexibility index (Phi) is 3.57. The molecule has 0 amide bonds. The van der Waals surface area contributed by atoms with E-state index in [1.54, 1.807) is 12.1 Å². The molecule has 3 aromatic rings. The molecule has 0 aliphatic heterocycles. The van der Waals surface area contributed by atoms with E-state index < -0.39 is 11.2 Å². The normalized spacial score (nSPS) is 10.8. The Bertz CT molecular complexity index is 942. The molecule has 0 atom stereocenters. The summed E-state index contributed by atoms with van der Waals surface area (Å²) in [6, 6.07) is 8.56. The first-order valence-electron chi connectivity index (χ1n) is 6.96. The van der Waals surface area contributed by atoms with Crippen LogP contribution in [0.4, 0.5) is 0 Å². The topological polar surface area (TPSA) is 100 Å². The molecule has 0 fully saturated rings. The number of rotatable bonds is 3. The Hall–Kier alpha value is -3.15. The van der Waals surface area contributed by atoms with Crippen LogP contribution in [0.2, 0.25) is 0 Å². The first-order valence-corrected chi connectivity index (χ1v) is 6.96. The van der Waals surface area contributed by atoms with E-state index in [0.29, 0.717) is 12.4 Å². The molecule has 1 heterocycles. The van der Waals surface area contributed by atoms with Crippen molar-refractivity contribution in [3.8, 4) is 34.3 Å². The predicted octanol–water partition coefficient (Wildman–Crippen LogP) is 2.98. The van der Waals surface area contributed by atoms with Crippen molar-refractivity contribution in [3.05, 3.63) is 46.6 Å². The lowest BCUT2D eigenvalue weighted by Crippen LogP contribution is -2.03. The van der Waals surface area contributed by atoms with Gasteiger partial charge in [-0.2, -0.15) is 0 Å². The van der Waals surface area contributed by atoms with Gasteiger partial charge in [-0.3, -0.25) is 4.79 Å². The van der Waals surface area contributed by atoms with E-state index in [1.165, 1.54) is 24.3 Å². The summed E-state index contributed by atoms with van der Waals surface area (Å²) in [6.07, 6.45) is 0. The molecule has 6 heteroatoms. The number of ether oxygens (including phenoxy) is 1. The third-order valence-electron chi connectivity index (χ3n) is 3.39. The number of aromatic hydroxyl groups is 3. The molecule has 6 nitrogen and oxygen atoms in total. The van der Waals surface area contributed by atoms with Crippen molar-refractivity contribution < 1.29 is 24.5 Å². The smallest absolute Gasteiger partial charge is 0.235 e. The van der Waals surface area contributed by atoms with E-state index in [9.17, 15) is 20.1 Å². The fourth-order valence-corrected chi connectivity index (χ4v) is 2.28. The van der Waals surface area contributed by atoms with Gasteiger partial charge in [-0.1, -0.05) is 0 Å². The van der Waals surface area contributed by atoms with Crippen LogP contribution in [0.25, 0.3) is 22.3 Å². The molecule has 0 unspecified atom stereocenters. The standard InChI is InChI=1S/C17H14O6/c1-2-22-10-4-5-11-14(8-10)23-17(16(21)15(11)20)9-3-6-12(18)13(19)7-9/h3-8,18-19,21H,2H2,1H3. The fourth-order valence-electron chi connectivity index (χ4n) is 2.28. The zero-order valence-electron chi connectivity index (χ0n) is 12.2. The molecule has 0 spiro atoms. The molecule has 0 saturated carbocycles. The van der Waals surface area contributed by atoms with Crippen LogP contribution in [0.3, 0.4) is 0 Å². The number of phenols is 2. The molecule has 3 N–H and O–H groups in total. The average Bonchev–Trinajstić information content (AvgIpc) is 2.54. The molecule has 0 radical (unpaired) electrons. The second-order valence-corrected chi connectivity index (χ2v) is 4.90. The van der Waals surface area contributed by atoms with Crippen LogP contribution in [0, 0.1) is 0 Å². The van der Waals surface area contributed by atoms with E-state index in [-0.39, 0.29) is 33.8 Å². The second-order valence-electron chi connectivity index (χ2n) is 4.90. The maximum absolute atomic E-state index is 12.3. The lowest BCUT2D eigenvalue weighted by molar-refractivity contribution is 0.340. The number of phenolic OH excluding ortho intramolecular Hbond substituents is 2. The lowest BCUT2D eigenvalue weighted by atomic mass is 10.1. The van der Waals surface area contributed by atoms with Crippen LogP contribution in [0.1, 0.15) is 6.92 Å². The first-order chi connectivity index (χ1) is 11.0. The van der Waals surface area contributed by atoms with Crippen LogP contribution >= 0.6 is 0 Å². The minimum absolute atomic E-state index is 0.0913. The highest BCUT2D eigenvalue weighted by Crippen LogP contribution is 2.35. The maximum atomic E-state index is 12.3. The Morgan fingerprint density at radius 2 is 1.83 bits per heavy atom. The number of benzene rings is 2. The Labute approximate surface area is 130 Å². The van der Waals surface area contributed by atoms with Gasteiger partial charge in [0.15, 0.2) is 17.3 Å². The summed E-state index contributed by atoms with van der Waals surface area (Å²) in [5, 5.41) is 29.3. The van der Waals surface area contributed by atoms with Crippen LogP contribution < -0.4 is 10.2 Å². The maximum Gasteiger partial charge on any atom is 0.235 e. The van der Waals surface area contributed by atoms with Crippen LogP contribution in [-0.2, 0) is 0 Å². The monoisotopic (exact) mass is 314 g/mol. The molecular weight excluding hydrogens is 300 g/mol. The summed E-state index contributed by atoms with van der Waals surface area (Å²) < 4.78 is 11.0. The summed E-state index contributed by atoms with van der Waals surface area (Å²) in [5.41, 5.74) is -0.0724. The van der Waals surface area contributed by atoms with E-state index in [4.69, 9.17) is 9.15 Å². The third-order valence-corrected chi connectivity index (χ3v) is 3.39. The van der Waals surface area contributed by atoms with Crippen molar-refractivity contribution in [2.75, 3.05) is 6.61 Å². The number of hydrogen-bond acceptors (Lipinski definition) is 6. The van der Waals surface area contributed by atoms with Crippen molar-refractivity contribution in [3.63, 3.8) is 0 Å². The van der Waals surface area contributed by atoms with Gasteiger partial charge in [0, 0.05) is 11.6 Å². The van der Waals surface area contributed by atoms with Crippen molar-refractivity contribution in [2.24, 2.45) is 0 Å². The minimum atomic E-state index is -0.586. The molecule has 0 bridgehead atoms. The summed E-state index contributed by atoms with van der Waals surface area (Å²) in [6.45, 7) is 2.30. The minimum Gasteiger partial charge on any atom is -0.504 e. The number of fused-ring (bicyclic) bond motifs is 1. The molecule has 0 aliphatic carbocycles. The van der Waals surface area contributed by atoms with Gasteiger partial charge in [-0.05, 0) is 37.3 Å². The lowest BCUT2D eigenvalue weighted by Gasteiger charge is -2.08. The van der Waals surface area contributed by atoms with E-state index in [0.717, 1.165) is 0 Å². The molecule has 0 aliphatic rings. The number of hydrogen-bond donors (Lipinski definition) is 3. The molecule has 23 heavy (non-hydrogen) atoms. The molecule has 1 aromatic heterocycles. The van der Waals surface area contributed by atoms with Crippen molar-refractivity contribution in [1.29, 1.82) is 0 Å². The zero-order chi connectivity index (χ0) is 16.6. The fraction of sp³-hybridized carbons (Fsp3) is 0.118. The summed E-state index contributed by atoms with van der Waals surface area (Å²) in [7, 11) is 0. The molecule has 2 aromatic carbocycles. The van der Waals surface area contributed by atoms with Gasteiger partial charge >= 0.3 is 0 Å². The van der Waals surface area contributed by atoms with Crippen molar-refractivity contribution in [2.45, 2.75) is 6.92 Å². The van der Waals surface area contributed by atoms with Gasteiger partial charge in [0.2, 0.25) is 11.2 Å². The summed E-state index contributed by atoms with van der Waals surface area (Å²) in [5.74, 6) is -0.811. The molecule has 3 rings (SSSR count). The average molecular weight is 314 g/mol. The molecular formula is C17H14O6. The van der Waals surface area contributed by atoms with Gasteiger partial charge in [-0.15, -0.1) is 0 Å². The van der Waals surface area contributed by atoms with Gasteiger partial charge in [0.1, 0.15) is 11.3 Å². The third kappa shape index (κ3) is 2.55. The SMILES string of the molecule is CCOc1ccc2c(=O)c(O)c(-c3ccc(O)c(O)c3)oc2c1. The van der Waals surface area contributed by atoms with Crippen molar-refractivity contribution in [1.82, 2.24) is 0 Å². The van der Waals surface area contributed by atoms with Gasteiger partial charge < -0.3 is 24.5 Å². The molecule has 0 saturated heterocycles. The summed E-state index contributed by atoms with van der Waals surface area (Å²) in [4.78, 5) is 12.3. The van der Waals surface area contributed by atoms with E-state index in [2.05, 4.69) is 0 Å². The quantitative estimate of drug-likeness (QED) is 0.643. The highest BCUT2D eigenvalue weighted by Gasteiger charge is 2.17. The van der Waals surface area contributed by atoms with Gasteiger partial charge in [0.05, 0.1) is 12.0 Å². The highest BCUT2D eigenvalue weighted by molar-refractivity contribution is 5.83. The van der Waals surface area contributed by atoms with E-state index in [1.807, 2.05) is 6.92 Å². The highest BCUT2D eigenvalue weighted by atomic mass is 16.5. The largest absolute Gasteiger partial charge is 0.504 e. The Morgan fingerprint density at radius 3 is 2.52 bits per heavy atom. The van der Waals surface area contributed by atoms with Gasteiger partial charge in [0.25, 0.3) is 0 Å². The van der Waals surface area contributed by atoms with Crippen LogP contribution in [0.15, 0.2) is 45.6 Å². The first kappa shape index (κ1) is 14.8. The summed E-state index contributed by atoms with van der Waals surface area (Å²) >= 11 is 0. The predicted molar refractivity (Wildman–Crippen MR) is 84.1 cm³/mol. The zero-order valence-corrected chi connectivity index (χ0v) is 12.2. The second kappa shape index (κ2) is 5.57. The Balaban J connectivity index is 2.25. The molecule has 118 valence electrons. The van der Waals surface area contributed by atoms with Gasteiger partial charge in [-0.25, -0.2) is 0 Å². The Morgan fingerprint density at radius 1 is 1.04 bits per heavy atom. The van der Waals surface area contributed by atoms with Crippen molar-refractivity contribution >= 4 is 11.0 Å². The van der Waals surface area contributed by atoms with Crippen LogP contribution in [-0.4, -0.2) is 21.9 Å². The van der Waals surface area contributed by atoms with Crippen LogP contribution in [0.5, 0.6) is 23.0 Å².